The van der Waals surface area contributed by atoms with Crippen LogP contribution in [0, 0.1) is 0 Å². The molecule has 7 aromatic rings. The smallest absolute Gasteiger partial charge is 0.261 e. The number of Topliss-reactive ketones (excluding diaryl/α,β-unsaturated/α-hetero) is 1. The molecule has 0 aliphatic heterocycles. The normalized spacial score (nSPS) is 12.2. The molecule has 0 bridgehead atoms. The van der Waals surface area contributed by atoms with Gasteiger partial charge in [-0.25, -0.2) is 8.42 Å². The van der Waals surface area contributed by atoms with Crippen LogP contribution in [0.2, 0.25) is 5.02 Å². The maximum absolute atomic E-state index is 15.6. The van der Waals surface area contributed by atoms with Gasteiger partial charge in [0.2, 0.25) is 0 Å². The summed E-state index contributed by atoms with van der Waals surface area (Å²) in [6, 6.07) is 32.5. The number of amides is 1. The summed E-state index contributed by atoms with van der Waals surface area (Å²) >= 11 is 6.64. The van der Waals surface area contributed by atoms with E-state index >= 15 is 4.79 Å². The Kier molecular flexibility index (Phi) is 15.0. The number of hydrogen-bond acceptors (Lipinski definition) is 6. The van der Waals surface area contributed by atoms with Crippen molar-refractivity contribution in [2.24, 2.45) is 0 Å². The minimum absolute atomic E-state index is 0.0502. The number of nitrogens with one attached hydrogen (secondary N) is 2. The van der Waals surface area contributed by atoms with E-state index < -0.39 is 27.8 Å². The van der Waals surface area contributed by atoms with E-state index in [-0.39, 0.29) is 27.4 Å². The van der Waals surface area contributed by atoms with Gasteiger partial charge >= 0.3 is 0 Å². The highest BCUT2D eigenvalue weighted by atomic mass is 35.5. The fraction of sp³-hybridized carbons (Fsp3) is 0.314. The lowest BCUT2D eigenvalue weighted by Crippen LogP contribution is -2.33. The molecule has 1 unspecified atom stereocenters. The lowest BCUT2D eigenvalue weighted by Gasteiger charge is -2.20. The van der Waals surface area contributed by atoms with Crippen LogP contribution in [-0.4, -0.2) is 40.6 Å². The fourth-order valence-electron chi connectivity index (χ4n) is 8.29. The zero-order chi connectivity index (χ0) is 44.3. The second-order valence-electron chi connectivity index (χ2n) is 16.3. The van der Waals surface area contributed by atoms with Crippen molar-refractivity contribution in [2.45, 2.75) is 109 Å². The third-order valence-corrected chi connectivity index (χ3v) is 13.0. The molecule has 10 nitrogen and oxygen atoms in total. The van der Waals surface area contributed by atoms with E-state index in [1.165, 1.54) is 86.2 Å². The Labute approximate surface area is 375 Å². The van der Waals surface area contributed by atoms with Gasteiger partial charge in [0.1, 0.15) is 5.75 Å². The van der Waals surface area contributed by atoms with Crippen LogP contribution < -0.4 is 14.8 Å². The molecule has 0 aliphatic rings. The maximum Gasteiger partial charge on any atom is 0.261 e. The maximum atomic E-state index is 15.6. The summed E-state index contributed by atoms with van der Waals surface area (Å²) in [7, 11) is -3.95. The number of sulfonamides is 1. The topological polar surface area (TPSA) is 124 Å². The summed E-state index contributed by atoms with van der Waals surface area (Å²) in [4.78, 5) is 30.4. The number of hydrogen-bond donors (Lipinski definition) is 2. The monoisotopic (exact) mass is 885 g/mol. The summed E-state index contributed by atoms with van der Waals surface area (Å²) in [5, 5.41) is 9.97. The zero-order valence-corrected chi connectivity index (χ0v) is 37.8. The largest absolute Gasteiger partial charge is 0.490 e. The van der Waals surface area contributed by atoms with E-state index in [2.05, 4.69) is 26.6 Å². The first-order valence-electron chi connectivity index (χ1n) is 22.1. The van der Waals surface area contributed by atoms with Crippen LogP contribution >= 0.6 is 11.6 Å². The van der Waals surface area contributed by atoms with E-state index in [4.69, 9.17) is 16.3 Å². The fourth-order valence-corrected chi connectivity index (χ4v) is 9.52. The summed E-state index contributed by atoms with van der Waals surface area (Å²) < 4.78 is 38.8. The van der Waals surface area contributed by atoms with Crippen molar-refractivity contribution in [3.63, 3.8) is 0 Å². The van der Waals surface area contributed by atoms with Gasteiger partial charge in [0.05, 0.1) is 38.7 Å². The molecule has 2 N–H and O–H groups in total. The lowest BCUT2D eigenvalue weighted by atomic mass is 9.93. The van der Waals surface area contributed by atoms with Gasteiger partial charge in [-0.05, 0) is 80.3 Å². The molecule has 1 atom stereocenters. The first-order valence-corrected chi connectivity index (χ1v) is 23.9. The number of para-hydroxylation sites is 1. The van der Waals surface area contributed by atoms with Gasteiger partial charge < -0.3 is 14.6 Å². The third kappa shape index (κ3) is 10.7. The van der Waals surface area contributed by atoms with Crippen LogP contribution in [0.1, 0.15) is 101 Å². The molecule has 328 valence electrons. The molecule has 0 radical (unpaired) electrons. The van der Waals surface area contributed by atoms with Crippen molar-refractivity contribution in [3.05, 3.63) is 138 Å². The van der Waals surface area contributed by atoms with Crippen molar-refractivity contribution in [1.82, 2.24) is 14.3 Å². The molecular formula is C51H56ClN5O5S. The van der Waals surface area contributed by atoms with Gasteiger partial charge in [-0.2, -0.15) is 5.10 Å². The van der Waals surface area contributed by atoms with Crippen molar-refractivity contribution in [1.29, 1.82) is 0 Å². The first-order chi connectivity index (χ1) is 30.6. The predicted molar refractivity (Wildman–Crippen MR) is 255 cm³/mol. The molecule has 63 heavy (non-hydrogen) atoms. The number of aryl methyl sites for hydroxylation is 1. The molecule has 0 spiro atoms. The summed E-state index contributed by atoms with van der Waals surface area (Å²) in [5.41, 5.74) is 3.13. The zero-order valence-electron chi connectivity index (χ0n) is 36.2. The number of carbonyl (C=O) groups excluding carboxylic acids is 2. The van der Waals surface area contributed by atoms with Gasteiger partial charge in [0.25, 0.3) is 15.9 Å². The molecular weight excluding hydrogens is 830 g/mol. The van der Waals surface area contributed by atoms with E-state index in [1.54, 1.807) is 30.5 Å². The second-order valence-corrected chi connectivity index (χ2v) is 18.3. The minimum atomic E-state index is -3.95. The number of benzene rings is 5. The van der Waals surface area contributed by atoms with E-state index in [9.17, 15) is 13.2 Å². The van der Waals surface area contributed by atoms with Crippen molar-refractivity contribution >= 4 is 66.4 Å². The van der Waals surface area contributed by atoms with E-state index in [0.717, 1.165) is 52.3 Å². The van der Waals surface area contributed by atoms with Crippen molar-refractivity contribution < 1.29 is 22.7 Å². The molecule has 1 amide bonds. The third-order valence-electron chi connectivity index (χ3n) is 11.3. The number of unbranched alkanes of at least 4 members (excludes halogenated alkanes) is 9. The molecule has 2 aromatic heterocycles. The molecule has 12 heteroatoms. The Balaban J connectivity index is 1.28. The summed E-state index contributed by atoms with van der Waals surface area (Å²) in [6.07, 6.45) is 15.0. The first kappa shape index (κ1) is 45.1. The van der Waals surface area contributed by atoms with Gasteiger partial charge in [-0.1, -0.05) is 137 Å². The van der Waals surface area contributed by atoms with Crippen LogP contribution in [0.3, 0.4) is 0 Å². The van der Waals surface area contributed by atoms with Gasteiger partial charge in [-0.3, -0.25) is 19.0 Å². The van der Waals surface area contributed by atoms with Gasteiger partial charge in [-0.15, -0.1) is 0 Å². The predicted octanol–water partition coefficient (Wildman–Crippen LogP) is 12.9. The highest BCUT2D eigenvalue weighted by Gasteiger charge is 2.36. The number of fused-ring (bicyclic) bond motifs is 2. The van der Waals surface area contributed by atoms with Crippen LogP contribution in [-0.2, 0) is 21.4 Å². The number of nitrogens with zero attached hydrogens (tertiary/aromatic N) is 3. The Morgan fingerprint density at radius 1 is 0.746 bits per heavy atom. The minimum Gasteiger partial charge on any atom is -0.490 e. The number of aromatic nitrogens is 3. The summed E-state index contributed by atoms with van der Waals surface area (Å²) in [6.45, 7) is 6.90. The van der Waals surface area contributed by atoms with Gasteiger partial charge in [0.15, 0.2) is 11.8 Å². The molecule has 0 fully saturated rings. The number of halogens is 1. The number of ether oxygens (including phenoxy) is 1. The number of anilines is 2. The van der Waals surface area contributed by atoms with Crippen LogP contribution in [0.5, 0.6) is 5.75 Å². The molecule has 2 heterocycles. The van der Waals surface area contributed by atoms with Crippen LogP contribution in [0.25, 0.3) is 32.9 Å². The average Bonchev–Trinajstić information content (AvgIpc) is 3.92. The Morgan fingerprint density at radius 3 is 2.08 bits per heavy atom. The number of carbonyl (C=O) groups is 2. The number of ketones is 1. The summed E-state index contributed by atoms with van der Waals surface area (Å²) in [5.74, 6) is -0.418. The molecule has 0 saturated heterocycles. The second kappa shape index (κ2) is 21.0. The standard InChI is InChI=1S/C51H56ClN5O5S/c1-4-5-6-7-8-9-10-11-12-20-33-56-45-27-19-18-26-42(45)47(48(56)41-29-31-46(62-36(2)3)40-25-17-16-24-39(40)41)50(58)49(57-34-21-32-53-57)51(59)54-44-35-37(28-30-43(44)52)55-63(60,61)38-22-14-13-15-23-38/h13-19,21-32,34-36,49,55H,4-12,20,33H2,1-3H3,(H,54,59). The lowest BCUT2D eigenvalue weighted by molar-refractivity contribution is -0.118. The van der Waals surface area contributed by atoms with E-state index in [1.807, 2.05) is 74.5 Å². The molecule has 7 rings (SSSR count). The Bertz CT molecular complexity index is 2770. The van der Waals surface area contributed by atoms with Crippen molar-refractivity contribution in [2.75, 3.05) is 10.0 Å². The average molecular weight is 887 g/mol. The Morgan fingerprint density at radius 2 is 1.40 bits per heavy atom. The highest BCUT2D eigenvalue weighted by molar-refractivity contribution is 7.92. The van der Waals surface area contributed by atoms with Crippen molar-refractivity contribution in [3.8, 4) is 17.0 Å². The van der Waals surface area contributed by atoms with Gasteiger partial charge in [0, 0.05) is 40.8 Å². The highest BCUT2D eigenvalue weighted by Crippen LogP contribution is 2.42. The SMILES string of the molecule is CCCCCCCCCCCCn1c(-c2ccc(OC(C)C)c3ccccc23)c(C(=O)C(C(=O)Nc2cc(NS(=O)(=O)c3ccccc3)ccc2Cl)n2cccn2)c2ccccc21. The molecule has 0 aliphatic carbocycles. The van der Waals surface area contributed by atoms with Crippen LogP contribution in [0.15, 0.2) is 133 Å². The molecule has 0 saturated carbocycles. The molecule has 5 aromatic carbocycles. The van der Waals surface area contributed by atoms with Crippen LogP contribution in [0.4, 0.5) is 11.4 Å². The quantitative estimate of drug-likeness (QED) is 0.0397. The number of rotatable bonds is 22. The Hall–Kier alpha value is -5.91. The van der Waals surface area contributed by atoms with E-state index in [0.29, 0.717) is 17.8 Å².